The zero-order valence-corrected chi connectivity index (χ0v) is 65.5. The van der Waals surface area contributed by atoms with E-state index < -0.39 is 10.8 Å². The molecule has 3 aromatic carbocycles. The van der Waals surface area contributed by atoms with Crippen LogP contribution in [0.5, 0.6) is 0 Å². The SMILES string of the molecule is CCCCCCCCCCCCCCCCC1(CCCCCCCCCCCCCCCC)c2cc(Br)c3nsnc3c2-c2c(F)c3c(c(F)c21)-c1c(cc(Br)c2nsnc12)C3(CCCCCCCCCCCCCCCC)CCCCCCCCCCCCCCCC. The standard InChI is InChI=1S/C84H134Br2F2N4S2/c1-5-9-13-17-21-25-29-33-37-41-45-49-53-57-61-83(62-58-54-50-46-42-38-34-30-26-22-18-14-10-6-2)67-65-69(85)79-81(91-93-89-79)71(67)73-75(83)77(87)74-72-68(66-70(86)80-82(72)92-94-90-80)84(76(74)78(73)88,63-59-55-51-47-43-39-35-31-27-23-19-15-11-7-3)64-60-56-52-48-44-40-36-32-28-24-20-16-12-8-4/h65-66H,5-64H2,1-4H3. The third kappa shape index (κ3) is 23.6. The first kappa shape index (κ1) is 79.4. The Bertz CT molecular complexity index is 2590. The van der Waals surface area contributed by atoms with Gasteiger partial charge < -0.3 is 0 Å². The lowest BCUT2D eigenvalue weighted by molar-refractivity contribution is 0.374. The minimum absolute atomic E-state index is 0.201. The Morgan fingerprint density at radius 1 is 0.266 bits per heavy atom. The normalized spacial score (nSPS) is 13.7. The molecule has 2 aliphatic carbocycles. The third-order valence-electron chi connectivity index (χ3n) is 22.7. The van der Waals surface area contributed by atoms with E-state index in [0.29, 0.717) is 22.3 Å². The summed E-state index contributed by atoms with van der Waals surface area (Å²) in [5.74, 6) is -0.403. The van der Waals surface area contributed by atoms with Crippen LogP contribution >= 0.6 is 55.3 Å². The Hall–Kier alpha value is -1.88. The van der Waals surface area contributed by atoms with Gasteiger partial charge in [0.1, 0.15) is 33.7 Å². The van der Waals surface area contributed by atoms with Crippen LogP contribution in [-0.2, 0) is 10.8 Å². The van der Waals surface area contributed by atoms with Gasteiger partial charge in [0.05, 0.1) is 23.5 Å². The molecule has 7 rings (SSSR count). The van der Waals surface area contributed by atoms with Gasteiger partial charge in [-0.1, -0.05) is 387 Å². The molecule has 0 bridgehead atoms. The molecular formula is C84H134Br2F2N4S2. The molecule has 0 radical (unpaired) electrons. The van der Waals surface area contributed by atoms with Crippen molar-refractivity contribution in [3.05, 3.63) is 55.0 Å². The molecule has 0 spiro atoms. The minimum Gasteiger partial charge on any atom is -0.206 e. The first-order valence-electron chi connectivity index (χ1n) is 40.8. The second-order valence-corrected chi connectivity index (χ2v) is 32.9. The van der Waals surface area contributed by atoms with Crippen molar-refractivity contribution < 1.29 is 8.78 Å². The maximum atomic E-state index is 20.0. The van der Waals surface area contributed by atoms with E-state index in [4.69, 9.17) is 17.5 Å². The topological polar surface area (TPSA) is 51.6 Å². The van der Waals surface area contributed by atoms with Crippen molar-refractivity contribution >= 4 is 77.4 Å². The molecule has 0 N–H and O–H groups in total. The summed E-state index contributed by atoms with van der Waals surface area (Å²) in [4.78, 5) is 0. The van der Waals surface area contributed by atoms with Crippen LogP contribution in [0.15, 0.2) is 21.1 Å². The van der Waals surface area contributed by atoms with Crippen molar-refractivity contribution in [2.75, 3.05) is 0 Å². The summed E-state index contributed by atoms with van der Waals surface area (Å²) in [6.45, 7) is 9.21. The van der Waals surface area contributed by atoms with Gasteiger partial charge >= 0.3 is 0 Å². The van der Waals surface area contributed by atoms with Gasteiger partial charge in [-0.25, -0.2) is 8.78 Å². The van der Waals surface area contributed by atoms with E-state index in [1.165, 1.54) is 332 Å². The van der Waals surface area contributed by atoms with Gasteiger partial charge in [0.25, 0.3) is 0 Å². The maximum Gasteiger partial charge on any atom is 0.136 e. The fourth-order valence-corrected chi connectivity index (χ4v) is 19.5. The molecule has 0 fully saturated rings. The second kappa shape index (κ2) is 46.5. The fourth-order valence-electron chi connectivity index (χ4n) is 17.2. The first-order chi connectivity index (χ1) is 46.3. The minimum atomic E-state index is -0.720. The highest BCUT2D eigenvalue weighted by atomic mass is 79.9. The van der Waals surface area contributed by atoms with Crippen LogP contribution in [0.3, 0.4) is 0 Å². The van der Waals surface area contributed by atoms with Crippen LogP contribution in [0, 0.1) is 11.6 Å². The highest BCUT2D eigenvalue weighted by Gasteiger charge is 2.55. The van der Waals surface area contributed by atoms with Gasteiger partial charge in [0.2, 0.25) is 0 Å². The summed E-state index contributed by atoms with van der Waals surface area (Å²) < 4.78 is 61.7. The molecule has 0 aliphatic heterocycles. The quantitative estimate of drug-likeness (QED) is 0.0364. The van der Waals surface area contributed by atoms with Crippen LogP contribution in [0.2, 0.25) is 0 Å². The van der Waals surface area contributed by atoms with Crippen LogP contribution in [0.4, 0.5) is 8.78 Å². The molecule has 0 saturated heterocycles. The smallest absolute Gasteiger partial charge is 0.136 e. The number of rotatable bonds is 60. The lowest BCUT2D eigenvalue weighted by Crippen LogP contribution is -2.29. The second-order valence-electron chi connectivity index (χ2n) is 30.2. The summed E-state index contributed by atoms with van der Waals surface area (Å²) in [6.07, 6.45) is 75.4. The van der Waals surface area contributed by atoms with E-state index >= 15 is 8.78 Å². The maximum absolute atomic E-state index is 20.0. The number of benzene rings is 3. The monoisotopic (exact) mass is 1460 g/mol. The lowest BCUT2D eigenvalue weighted by Gasteiger charge is -2.35. The van der Waals surface area contributed by atoms with E-state index in [0.717, 1.165) is 130 Å². The van der Waals surface area contributed by atoms with Crippen molar-refractivity contribution in [3.63, 3.8) is 0 Å². The zero-order valence-electron chi connectivity index (χ0n) is 60.7. The summed E-state index contributed by atoms with van der Waals surface area (Å²) >= 11 is 10.5. The predicted molar refractivity (Wildman–Crippen MR) is 416 cm³/mol. The summed E-state index contributed by atoms with van der Waals surface area (Å²) in [5.41, 5.74) is 7.51. The number of nitrogens with zero attached hydrogens (tertiary/aromatic N) is 4. The van der Waals surface area contributed by atoms with Gasteiger partial charge in [-0.3, -0.25) is 0 Å². The van der Waals surface area contributed by atoms with E-state index in [9.17, 15) is 0 Å². The molecule has 5 aromatic rings. The Kier molecular flexibility index (Phi) is 39.3. The first-order valence-corrected chi connectivity index (χ1v) is 43.8. The molecular weight excluding hydrogens is 1330 g/mol. The molecule has 10 heteroatoms. The summed E-state index contributed by atoms with van der Waals surface area (Å²) in [5, 5.41) is 0. The van der Waals surface area contributed by atoms with Crippen molar-refractivity contribution in [3.8, 4) is 22.3 Å². The van der Waals surface area contributed by atoms with Gasteiger partial charge in [0, 0.05) is 53.2 Å². The predicted octanol–water partition coefficient (Wildman–Crippen LogP) is 31.5. The average molecular weight is 1460 g/mol. The number of hydrogen-bond donors (Lipinski definition) is 0. The van der Waals surface area contributed by atoms with Crippen LogP contribution in [0.1, 0.15) is 435 Å². The van der Waals surface area contributed by atoms with Gasteiger partial charge in [-0.05, 0) is 80.8 Å². The zero-order chi connectivity index (χ0) is 66.3. The Labute approximate surface area is 600 Å². The van der Waals surface area contributed by atoms with Crippen molar-refractivity contribution in [2.24, 2.45) is 0 Å². The molecule has 0 saturated carbocycles. The summed E-state index contributed by atoms with van der Waals surface area (Å²) in [7, 11) is 0. The molecule has 0 atom stereocenters. The number of halogens is 4. The van der Waals surface area contributed by atoms with Crippen molar-refractivity contribution in [1.29, 1.82) is 0 Å². The molecule has 0 amide bonds. The highest BCUT2D eigenvalue weighted by Crippen LogP contribution is 2.65. The van der Waals surface area contributed by atoms with E-state index in [-0.39, 0.29) is 11.6 Å². The molecule has 2 heterocycles. The molecule has 2 aromatic heterocycles. The summed E-state index contributed by atoms with van der Waals surface area (Å²) in [6, 6.07) is 4.50. The van der Waals surface area contributed by atoms with Crippen molar-refractivity contribution in [2.45, 2.75) is 424 Å². The third-order valence-corrected chi connectivity index (χ3v) is 24.9. The average Bonchev–Trinajstić information content (AvgIpc) is 1.50. The van der Waals surface area contributed by atoms with Crippen LogP contribution in [0.25, 0.3) is 44.3 Å². The Balaban J connectivity index is 1.18. The van der Waals surface area contributed by atoms with Crippen LogP contribution in [-0.4, -0.2) is 17.5 Å². The number of fused-ring (bicyclic) bond motifs is 10. The van der Waals surface area contributed by atoms with E-state index in [2.05, 4.69) is 71.7 Å². The highest BCUT2D eigenvalue weighted by molar-refractivity contribution is 9.11. The number of aromatic nitrogens is 4. The fraction of sp³-hybridized carbons (Fsp3) is 0.786. The molecule has 4 nitrogen and oxygen atoms in total. The van der Waals surface area contributed by atoms with E-state index in [1.54, 1.807) is 0 Å². The molecule has 0 unspecified atom stereocenters. The lowest BCUT2D eigenvalue weighted by atomic mass is 9.68. The van der Waals surface area contributed by atoms with Gasteiger partial charge in [-0.15, -0.1) is 0 Å². The molecule has 530 valence electrons. The molecule has 2 aliphatic rings. The van der Waals surface area contributed by atoms with Gasteiger partial charge in [-0.2, -0.15) is 17.5 Å². The Morgan fingerprint density at radius 3 is 0.649 bits per heavy atom. The largest absolute Gasteiger partial charge is 0.206 e. The van der Waals surface area contributed by atoms with Crippen molar-refractivity contribution in [1.82, 2.24) is 17.5 Å². The number of unbranched alkanes of at least 4 members (excludes halogenated alkanes) is 52. The van der Waals surface area contributed by atoms with Crippen LogP contribution < -0.4 is 0 Å². The molecule has 94 heavy (non-hydrogen) atoms. The van der Waals surface area contributed by atoms with Gasteiger partial charge in [0.15, 0.2) is 0 Å². The number of hydrogen-bond acceptors (Lipinski definition) is 6. The van der Waals surface area contributed by atoms with E-state index in [1.807, 2.05) is 0 Å². The Morgan fingerprint density at radius 2 is 0.447 bits per heavy atom.